The minimum absolute atomic E-state index is 0.0369. The number of carboxylic acid groups (broad SMARTS) is 1. The molecule has 20 heavy (non-hydrogen) atoms. The van der Waals surface area contributed by atoms with E-state index >= 15 is 0 Å². The fourth-order valence-electron chi connectivity index (χ4n) is 1.76. The van der Waals surface area contributed by atoms with Crippen molar-refractivity contribution in [3.8, 4) is 5.75 Å². The van der Waals surface area contributed by atoms with Gasteiger partial charge in [-0.15, -0.1) is 0 Å². The average molecular weight is 283 g/mol. The van der Waals surface area contributed by atoms with E-state index in [0.717, 1.165) is 6.07 Å². The van der Waals surface area contributed by atoms with E-state index in [-0.39, 0.29) is 17.4 Å². The number of methoxy groups -OCH3 is 1. The van der Waals surface area contributed by atoms with Crippen LogP contribution in [0.5, 0.6) is 5.75 Å². The maximum absolute atomic E-state index is 13.6. The molecule has 0 bridgehead atoms. The average Bonchev–Trinajstić information content (AvgIpc) is 2.42. The molecule has 1 rings (SSSR count). The molecule has 0 heterocycles. The van der Waals surface area contributed by atoms with Gasteiger partial charge in [-0.3, -0.25) is 9.59 Å². The number of aliphatic carboxylic acids is 1. The van der Waals surface area contributed by atoms with Crippen molar-refractivity contribution in [2.75, 3.05) is 13.7 Å². The van der Waals surface area contributed by atoms with E-state index in [1.165, 1.54) is 24.1 Å². The summed E-state index contributed by atoms with van der Waals surface area (Å²) in [7, 11) is 1.33. The largest absolute Gasteiger partial charge is 0.494 e. The van der Waals surface area contributed by atoms with Gasteiger partial charge < -0.3 is 14.7 Å². The second-order valence-corrected chi connectivity index (χ2v) is 4.43. The Hall–Kier alpha value is -2.11. The van der Waals surface area contributed by atoms with Crippen molar-refractivity contribution >= 4 is 11.9 Å². The normalized spacial score (nSPS) is 11.8. The summed E-state index contributed by atoms with van der Waals surface area (Å²) in [5.74, 6) is -2.23. The van der Waals surface area contributed by atoms with E-state index < -0.39 is 24.2 Å². The SMILES string of the molecule is CCC(C)N(CC(=O)O)C(=O)c1ccc(OC)c(F)c1. The summed E-state index contributed by atoms with van der Waals surface area (Å²) in [6.07, 6.45) is 0.609. The van der Waals surface area contributed by atoms with E-state index in [0.29, 0.717) is 6.42 Å². The summed E-state index contributed by atoms with van der Waals surface area (Å²) < 4.78 is 18.4. The second kappa shape index (κ2) is 6.88. The summed E-state index contributed by atoms with van der Waals surface area (Å²) in [5.41, 5.74) is 0.102. The molecule has 1 N–H and O–H groups in total. The Labute approximate surface area is 117 Å². The van der Waals surface area contributed by atoms with Crippen LogP contribution in [0.3, 0.4) is 0 Å². The molecule has 1 atom stereocenters. The Bertz CT molecular complexity index is 504. The topological polar surface area (TPSA) is 66.8 Å². The number of halogens is 1. The zero-order valence-electron chi connectivity index (χ0n) is 11.7. The molecule has 5 nitrogen and oxygen atoms in total. The molecule has 0 fully saturated rings. The molecule has 0 aromatic heterocycles. The van der Waals surface area contributed by atoms with Gasteiger partial charge >= 0.3 is 5.97 Å². The highest BCUT2D eigenvalue weighted by Gasteiger charge is 2.23. The Morgan fingerprint density at radius 1 is 1.45 bits per heavy atom. The Morgan fingerprint density at radius 3 is 2.55 bits per heavy atom. The number of hydrogen-bond acceptors (Lipinski definition) is 3. The van der Waals surface area contributed by atoms with Crippen molar-refractivity contribution in [2.24, 2.45) is 0 Å². The number of carboxylic acids is 1. The lowest BCUT2D eigenvalue weighted by Gasteiger charge is -2.27. The van der Waals surface area contributed by atoms with Crippen LogP contribution in [0.15, 0.2) is 18.2 Å². The van der Waals surface area contributed by atoms with Crippen LogP contribution in [-0.4, -0.2) is 41.6 Å². The van der Waals surface area contributed by atoms with E-state index in [2.05, 4.69) is 0 Å². The highest BCUT2D eigenvalue weighted by Crippen LogP contribution is 2.19. The minimum atomic E-state index is -1.10. The van der Waals surface area contributed by atoms with Crippen molar-refractivity contribution in [3.63, 3.8) is 0 Å². The van der Waals surface area contributed by atoms with Gasteiger partial charge in [-0.1, -0.05) is 6.92 Å². The molecule has 0 aliphatic rings. The molecule has 1 amide bonds. The molecular weight excluding hydrogens is 265 g/mol. The number of hydrogen-bond donors (Lipinski definition) is 1. The molecule has 6 heteroatoms. The van der Waals surface area contributed by atoms with Gasteiger partial charge in [0, 0.05) is 11.6 Å². The quantitative estimate of drug-likeness (QED) is 0.868. The lowest BCUT2D eigenvalue weighted by molar-refractivity contribution is -0.138. The van der Waals surface area contributed by atoms with Crippen LogP contribution in [0.4, 0.5) is 4.39 Å². The van der Waals surface area contributed by atoms with Gasteiger partial charge in [0.05, 0.1) is 7.11 Å². The monoisotopic (exact) mass is 283 g/mol. The highest BCUT2D eigenvalue weighted by molar-refractivity contribution is 5.96. The Morgan fingerprint density at radius 2 is 2.10 bits per heavy atom. The number of amides is 1. The maximum atomic E-state index is 13.6. The first-order chi connectivity index (χ1) is 9.40. The highest BCUT2D eigenvalue weighted by atomic mass is 19.1. The van der Waals surface area contributed by atoms with Crippen LogP contribution >= 0.6 is 0 Å². The van der Waals surface area contributed by atoms with Gasteiger partial charge in [-0.2, -0.15) is 0 Å². The van der Waals surface area contributed by atoms with Gasteiger partial charge in [0.15, 0.2) is 11.6 Å². The molecule has 1 unspecified atom stereocenters. The molecule has 0 saturated heterocycles. The second-order valence-electron chi connectivity index (χ2n) is 4.43. The fourth-order valence-corrected chi connectivity index (χ4v) is 1.76. The first kappa shape index (κ1) is 15.9. The van der Waals surface area contributed by atoms with Crippen LogP contribution < -0.4 is 4.74 Å². The van der Waals surface area contributed by atoms with Crippen LogP contribution in [0.2, 0.25) is 0 Å². The van der Waals surface area contributed by atoms with Crippen molar-refractivity contribution in [2.45, 2.75) is 26.3 Å². The molecule has 0 radical (unpaired) electrons. The number of ether oxygens (including phenoxy) is 1. The first-order valence-electron chi connectivity index (χ1n) is 6.27. The molecule has 0 saturated carbocycles. The van der Waals surface area contributed by atoms with Crippen molar-refractivity contribution in [1.82, 2.24) is 4.90 Å². The lowest BCUT2D eigenvalue weighted by atomic mass is 10.1. The van der Waals surface area contributed by atoms with Crippen molar-refractivity contribution in [1.29, 1.82) is 0 Å². The molecular formula is C14H18FNO4. The number of carbonyl (C=O) groups is 2. The lowest BCUT2D eigenvalue weighted by Crippen LogP contribution is -2.41. The van der Waals surface area contributed by atoms with Crippen LogP contribution in [-0.2, 0) is 4.79 Å². The van der Waals surface area contributed by atoms with E-state index in [1.807, 2.05) is 6.92 Å². The Balaban J connectivity index is 3.05. The van der Waals surface area contributed by atoms with E-state index in [4.69, 9.17) is 9.84 Å². The molecule has 1 aromatic carbocycles. The summed E-state index contributed by atoms with van der Waals surface area (Å²) in [5, 5.41) is 8.87. The van der Waals surface area contributed by atoms with Gasteiger partial charge in [0.2, 0.25) is 0 Å². The molecule has 1 aromatic rings. The number of benzene rings is 1. The third kappa shape index (κ3) is 3.69. The predicted octanol–water partition coefficient (Wildman–Crippen LogP) is 2.16. The van der Waals surface area contributed by atoms with Crippen LogP contribution in [0.25, 0.3) is 0 Å². The standard InChI is InChI=1S/C14H18FNO4/c1-4-9(2)16(8-13(17)18)14(19)10-5-6-12(20-3)11(15)7-10/h5-7,9H,4,8H2,1-3H3,(H,17,18). The van der Waals surface area contributed by atoms with E-state index in [1.54, 1.807) is 6.92 Å². The van der Waals surface area contributed by atoms with Gasteiger partial charge in [0.25, 0.3) is 5.91 Å². The van der Waals surface area contributed by atoms with Crippen LogP contribution in [0, 0.1) is 5.82 Å². The van der Waals surface area contributed by atoms with Gasteiger partial charge in [0.1, 0.15) is 6.54 Å². The zero-order valence-corrected chi connectivity index (χ0v) is 11.7. The third-order valence-corrected chi connectivity index (χ3v) is 3.09. The molecule has 0 spiro atoms. The molecule has 110 valence electrons. The van der Waals surface area contributed by atoms with Gasteiger partial charge in [-0.25, -0.2) is 4.39 Å². The van der Waals surface area contributed by atoms with Crippen molar-refractivity contribution < 1.29 is 23.8 Å². The number of rotatable bonds is 6. The summed E-state index contributed by atoms with van der Waals surface area (Å²) in [6.45, 7) is 3.18. The molecule has 0 aliphatic heterocycles. The molecule has 0 aliphatic carbocycles. The maximum Gasteiger partial charge on any atom is 0.323 e. The van der Waals surface area contributed by atoms with Gasteiger partial charge in [-0.05, 0) is 31.5 Å². The summed E-state index contributed by atoms with van der Waals surface area (Å²) >= 11 is 0. The first-order valence-corrected chi connectivity index (χ1v) is 6.27. The summed E-state index contributed by atoms with van der Waals surface area (Å²) in [6, 6.07) is 3.57. The number of nitrogens with zero attached hydrogens (tertiary/aromatic N) is 1. The smallest absolute Gasteiger partial charge is 0.323 e. The fraction of sp³-hybridized carbons (Fsp3) is 0.429. The zero-order chi connectivity index (χ0) is 15.3. The van der Waals surface area contributed by atoms with Crippen LogP contribution in [0.1, 0.15) is 30.6 Å². The Kier molecular flexibility index (Phi) is 5.49. The minimum Gasteiger partial charge on any atom is -0.494 e. The van der Waals surface area contributed by atoms with E-state index in [9.17, 15) is 14.0 Å². The third-order valence-electron chi connectivity index (χ3n) is 3.09. The number of carbonyl (C=O) groups excluding carboxylic acids is 1. The predicted molar refractivity (Wildman–Crippen MR) is 71.4 cm³/mol. The van der Waals surface area contributed by atoms with Crippen molar-refractivity contribution in [3.05, 3.63) is 29.6 Å². The summed E-state index contributed by atoms with van der Waals surface area (Å²) in [4.78, 5) is 24.3.